The fraction of sp³-hybridized carbons (Fsp3) is 0.0625. The van der Waals surface area contributed by atoms with Crippen LogP contribution in [0.25, 0.3) is 11.4 Å². The van der Waals surface area contributed by atoms with Crippen LogP contribution in [0.2, 0.25) is 0 Å². The molecule has 0 saturated carbocycles. The van der Waals surface area contributed by atoms with E-state index in [0.29, 0.717) is 12.4 Å². The first kappa shape index (κ1) is 13.8. The fourth-order valence-corrected chi connectivity index (χ4v) is 2.00. The molecular formula is C16H13N4O2+. The maximum Gasteiger partial charge on any atom is 0.335 e. The summed E-state index contributed by atoms with van der Waals surface area (Å²) in [6, 6.07) is 10.4. The first-order chi connectivity index (χ1) is 10.7. The summed E-state index contributed by atoms with van der Waals surface area (Å²) in [7, 11) is 0. The summed E-state index contributed by atoms with van der Waals surface area (Å²) in [5.74, 6) is -0.294. The van der Waals surface area contributed by atoms with E-state index >= 15 is 0 Å². The normalized spacial score (nSPS) is 10.4. The Morgan fingerprint density at radius 2 is 1.82 bits per heavy atom. The molecule has 0 radical (unpaired) electrons. The molecule has 0 aliphatic rings. The van der Waals surface area contributed by atoms with Crippen LogP contribution >= 0.6 is 0 Å². The van der Waals surface area contributed by atoms with E-state index in [4.69, 9.17) is 5.11 Å². The van der Waals surface area contributed by atoms with Crippen molar-refractivity contribution in [1.82, 2.24) is 15.1 Å². The molecular weight excluding hydrogens is 280 g/mol. The van der Waals surface area contributed by atoms with Gasteiger partial charge in [0.15, 0.2) is 18.6 Å². The number of aromatic carboxylic acids is 1. The molecule has 6 heteroatoms. The molecule has 3 aromatic rings. The lowest BCUT2D eigenvalue weighted by Gasteiger charge is -1.99. The lowest BCUT2D eigenvalue weighted by Crippen LogP contribution is -2.37. The molecule has 1 N–H and O–H groups in total. The summed E-state index contributed by atoms with van der Waals surface area (Å²) < 4.78 is 1.77. The Bertz CT molecular complexity index is 772. The number of rotatable bonds is 4. The number of carboxylic acids is 1. The lowest BCUT2D eigenvalue weighted by molar-refractivity contribution is -0.746. The lowest BCUT2D eigenvalue weighted by atomic mass is 10.1. The highest BCUT2D eigenvalue weighted by atomic mass is 16.4. The Balaban J connectivity index is 1.75. The van der Waals surface area contributed by atoms with Crippen LogP contribution in [-0.2, 0) is 6.54 Å². The van der Waals surface area contributed by atoms with E-state index in [2.05, 4.69) is 15.1 Å². The maximum atomic E-state index is 10.8. The number of carbonyl (C=O) groups is 1. The van der Waals surface area contributed by atoms with Crippen LogP contribution in [0.4, 0.5) is 0 Å². The van der Waals surface area contributed by atoms with Gasteiger partial charge in [-0.25, -0.2) is 14.8 Å². The quantitative estimate of drug-likeness (QED) is 0.739. The second kappa shape index (κ2) is 6.09. The van der Waals surface area contributed by atoms with Gasteiger partial charge in [0.1, 0.15) is 6.20 Å². The average Bonchev–Trinajstić information content (AvgIpc) is 2.57. The van der Waals surface area contributed by atoms with Crippen LogP contribution in [0.1, 0.15) is 15.9 Å². The Hall–Kier alpha value is -3.15. The Morgan fingerprint density at radius 1 is 1.09 bits per heavy atom. The number of aromatic nitrogens is 4. The largest absolute Gasteiger partial charge is 0.478 e. The first-order valence-corrected chi connectivity index (χ1v) is 6.68. The van der Waals surface area contributed by atoms with Crippen molar-refractivity contribution >= 4 is 5.97 Å². The second-order valence-corrected chi connectivity index (χ2v) is 4.69. The molecule has 0 atom stereocenters. The monoisotopic (exact) mass is 293 g/mol. The van der Waals surface area contributed by atoms with Crippen molar-refractivity contribution in [2.45, 2.75) is 6.54 Å². The van der Waals surface area contributed by atoms with Gasteiger partial charge in [-0.1, -0.05) is 16.8 Å². The van der Waals surface area contributed by atoms with E-state index in [1.54, 1.807) is 53.6 Å². The summed E-state index contributed by atoms with van der Waals surface area (Å²) >= 11 is 0. The third-order valence-corrected chi connectivity index (χ3v) is 3.14. The zero-order valence-electron chi connectivity index (χ0n) is 11.6. The van der Waals surface area contributed by atoms with Crippen LogP contribution < -0.4 is 4.68 Å². The summed E-state index contributed by atoms with van der Waals surface area (Å²) in [6.45, 7) is 0.565. The van der Waals surface area contributed by atoms with Crippen LogP contribution in [0.3, 0.4) is 0 Å². The molecule has 0 fully saturated rings. The molecule has 0 amide bonds. The van der Waals surface area contributed by atoms with Crippen molar-refractivity contribution in [3.63, 3.8) is 0 Å². The van der Waals surface area contributed by atoms with Gasteiger partial charge in [-0.05, 0) is 23.3 Å². The van der Waals surface area contributed by atoms with Crippen molar-refractivity contribution in [3.8, 4) is 11.4 Å². The van der Waals surface area contributed by atoms with Crippen LogP contribution in [0, 0.1) is 0 Å². The van der Waals surface area contributed by atoms with Crippen LogP contribution in [0.5, 0.6) is 0 Å². The molecule has 22 heavy (non-hydrogen) atoms. The number of nitrogens with zero attached hydrogens (tertiary/aromatic N) is 4. The van der Waals surface area contributed by atoms with Gasteiger partial charge in [-0.15, -0.1) is 0 Å². The van der Waals surface area contributed by atoms with Gasteiger partial charge in [-0.3, -0.25) is 0 Å². The molecule has 0 aliphatic heterocycles. The molecule has 108 valence electrons. The van der Waals surface area contributed by atoms with E-state index in [1.165, 1.54) is 0 Å². The highest BCUT2D eigenvalue weighted by Gasteiger charge is 2.08. The topological polar surface area (TPSA) is 79.9 Å². The average molecular weight is 293 g/mol. The standard InChI is InChI=1S/C16H12N4O2/c21-16(22)13-4-2-12(3-5-13)11-20-9-6-14(10-19-20)15-17-7-1-8-18-15/h1-10H,11H2/p+1. The first-order valence-electron chi connectivity index (χ1n) is 6.68. The minimum atomic E-state index is -0.926. The number of carboxylic acid groups (broad SMARTS) is 1. The van der Waals surface area contributed by atoms with Crippen molar-refractivity contribution < 1.29 is 14.6 Å². The molecule has 0 aliphatic carbocycles. The van der Waals surface area contributed by atoms with Crippen LogP contribution in [-0.4, -0.2) is 26.1 Å². The SMILES string of the molecule is O=C(O)c1ccc(C[n+]2ccc(-c3ncccn3)cn2)cc1. The highest BCUT2D eigenvalue weighted by Crippen LogP contribution is 2.09. The maximum absolute atomic E-state index is 10.8. The van der Waals surface area contributed by atoms with Gasteiger partial charge in [-0.2, -0.15) is 0 Å². The molecule has 3 rings (SSSR count). The van der Waals surface area contributed by atoms with Gasteiger partial charge < -0.3 is 5.11 Å². The van der Waals surface area contributed by atoms with Crippen molar-refractivity contribution in [2.24, 2.45) is 0 Å². The molecule has 0 saturated heterocycles. The van der Waals surface area contributed by atoms with E-state index < -0.39 is 5.97 Å². The zero-order chi connectivity index (χ0) is 15.4. The Labute approximate surface area is 126 Å². The summed E-state index contributed by atoms with van der Waals surface area (Å²) in [4.78, 5) is 19.2. The highest BCUT2D eigenvalue weighted by molar-refractivity contribution is 5.87. The van der Waals surface area contributed by atoms with E-state index in [1.807, 2.05) is 12.3 Å². The van der Waals surface area contributed by atoms with Gasteiger partial charge in [0.25, 0.3) is 0 Å². The van der Waals surface area contributed by atoms with Crippen molar-refractivity contribution in [3.05, 3.63) is 72.3 Å². The minimum absolute atomic E-state index is 0.276. The zero-order valence-corrected chi connectivity index (χ0v) is 11.6. The summed E-state index contributed by atoms with van der Waals surface area (Å²) in [5.41, 5.74) is 2.10. The predicted octanol–water partition coefficient (Wildman–Crippen LogP) is 1.57. The molecule has 0 bridgehead atoms. The van der Waals surface area contributed by atoms with Gasteiger partial charge >= 0.3 is 5.97 Å². The molecule has 1 aromatic carbocycles. The van der Waals surface area contributed by atoms with Gasteiger partial charge in [0.05, 0.1) is 5.56 Å². The van der Waals surface area contributed by atoms with E-state index in [0.717, 1.165) is 11.1 Å². The number of hydrogen-bond donors (Lipinski definition) is 1. The van der Waals surface area contributed by atoms with Gasteiger partial charge in [0.2, 0.25) is 0 Å². The Kier molecular flexibility index (Phi) is 3.82. The Morgan fingerprint density at radius 3 is 2.41 bits per heavy atom. The van der Waals surface area contributed by atoms with E-state index in [9.17, 15) is 4.79 Å². The molecule has 2 heterocycles. The summed E-state index contributed by atoms with van der Waals surface area (Å²) in [6.07, 6.45) is 6.93. The third-order valence-electron chi connectivity index (χ3n) is 3.14. The second-order valence-electron chi connectivity index (χ2n) is 4.69. The third kappa shape index (κ3) is 3.12. The van der Waals surface area contributed by atoms with Crippen molar-refractivity contribution in [1.29, 1.82) is 0 Å². The molecule has 2 aromatic heterocycles. The summed E-state index contributed by atoms with van der Waals surface area (Å²) in [5, 5.41) is 13.2. The van der Waals surface area contributed by atoms with E-state index in [-0.39, 0.29) is 5.56 Å². The molecule has 0 spiro atoms. The van der Waals surface area contributed by atoms with Crippen molar-refractivity contribution in [2.75, 3.05) is 0 Å². The van der Waals surface area contributed by atoms with Crippen LogP contribution in [0.15, 0.2) is 61.2 Å². The number of hydrogen-bond acceptors (Lipinski definition) is 4. The predicted molar refractivity (Wildman–Crippen MR) is 78.0 cm³/mol. The van der Waals surface area contributed by atoms with Gasteiger partial charge in [0, 0.05) is 29.6 Å². The molecule has 0 unspecified atom stereocenters. The molecule has 6 nitrogen and oxygen atoms in total. The minimum Gasteiger partial charge on any atom is -0.478 e. The smallest absolute Gasteiger partial charge is 0.335 e. The fourth-order valence-electron chi connectivity index (χ4n) is 2.00. The number of benzene rings is 1.